The summed E-state index contributed by atoms with van der Waals surface area (Å²) < 4.78 is 75.1. The third-order valence-corrected chi connectivity index (χ3v) is 8.58. The van der Waals surface area contributed by atoms with E-state index < -0.39 is 23.8 Å². The first-order valence-corrected chi connectivity index (χ1v) is 15.3. The summed E-state index contributed by atoms with van der Waals surface area (Å²) in [6.07, 6.45) is -3.75. The number of rotatable bonds is 9. The maximum atomic E-state index is 15.0. The Labute approximate surface area is 263 Å². The molecule has 1 aliphatic carbocycles. The molecule has 2 aliphatic heterocycles. The van der Waals surface area contributed by atoms with E-state index in [2.05, 4.69) is 15.3 Å². The van der Waals surface area contributed by atoms with Crippen molar-refractivity contribution in [2.24, 2.45) is 5.41 Å². The zero-order chi connectivity index (χ0) is 32.4. The summed E-state index contributed by atoms with van der Waals surface area (Å²) >= 11 is 5.96. The standard InChI is InChI=1S/C31H36ClF4N5O4/c1-3-43-20-7-5-6-19(14-20)22-16-30(32,33)9-8-21(22)26(31(34,35)36)45-25-15-24(39-28(37)40-25)41-12-10-29(11-13-41)17-23(38-18-29)27(42)44-4-2/h5-8,14-16,23,26,38H,3-4,9-13,17-18H2,1-2H3,(H2,37,39,40)/t23-,26+,30?/m0/s1. The van der Waals surface area contributed by atoms with Crippen molar-refractivity contribution in [1.29, 1.82) is 0 Å². The zero-order valence-electron chi connectivity index (χ0n) is 25.0. The number of carbonyl (C=O) groups excluding carboxylic acids is 1. The predicted molar refractivity (Wildman–Crippen MR) is 162 cm³/mol. The number of hydrogen-bond donors (Lipinski definition) is 2. The number of nitrogens with zero attached hydrogens (tertiary/aromatic N) is 3. The number of alkyl halides is 5. The fourth-order valence-electron chi connectivity index (χ4n) is 6.13. The van der Waals surface area contributed by atoms with Crippen LogP contribution in [0, 0.1) is 5.41 Å². The number of benzene rings is 1. The van der Waals surface area contributed by atoms with Crippen LogP contribution in [0.3, 0.4) is 0 Å². The number of piperidine rings is 1. The Bertz CT molecular complexity index is 1460. The Morgan fingerprint density at radius 1 is 1.20 bits per heavy atom. The number of carbonyl (C=O) groups is 1. The smallest absolute Gasteiger partial charge is 0.429 e. The van der Waals surface area contributed by atoms with Crippen molar-refractivity contribution >= 4 is 34.9 Å². The van der Waals surface area contributed by atoms with Crippen LogP contribution in [0.2, 0.25) is 0 Å². The quantitative estimate of drug-likeness (QED) is 0.203. The van der Waals surface area contributed by atoms with E-state index in [4.69, 9.17) is 31.5 Å². The molecular formula is C31H36ClF4N5O4. The molecule has 2 saturated heterocycles. The van der Waals surface area contributed by atoms with Gasteiger partial charge in [0.2, 0.25) is 23.1 Å². The average Bonchev–Trinajstić information content (AvgIpc) is 3.39. The maximum Gasteiger partial charge on any atom is 0.429 e. The fraction of sp³-hybridized carbons (Fsp3) is 0.516. The molecule has 2 fully saturated rings. The van der Waals surface area contributed by atoms with Crippen LogP contribution in [0.4, 0.5) is 29.3 Å². The summed E-state index contributed by atoms with van der Waals surface area (Å²) in [6.45, 7) is 5.93. The highest BCUT2D eigenvalue weighted by Crippen LogP contribution is 2.44. The van der Waals surface area contributed by atoms with Crippen LogP contribution >= 0.6 is 11.6 Å². The highest BCUT2D eigenvalue weighted by molar-refractivity contribution is 6.25. The number of nitrogens with two attached hydrogens (primary N) is 1. The molecule has 1 aromatic carbocycles. The van der Waals surface area contributed by atoms with Gasteiger partial charge in [0.15, 0.2) is 0 Å². The van der Waals surface area contributed by atoms with Crippen molar-refractivity contribution in [3.8, 4) is 11.6 Å². The number of halogens is 5. The molecule has 0 radical (unpaired) electrons. The van der Waals surface area contributed by atoms with Gasteiger partial charge in [-0.05, 0) is 67.9 Å². The van der Waals surface area contributed by atoms with Crippen LogP contribution < -0.4 is 25.4 Å². The van der Waals surface area contributed by atoms with Crippen LogP contribution in [0.25, 0.3) is 5.57 Å². The molecule has 0 amide bonds. The Morgan fingerprint density at radius 2 is 1.96 bits per heavy atom. The molecule has 3 aliphatic rings. The molecular weight excluding hydrogens is 618 g/mol. The lowest BCUT2D eigenvalue weighted by Crippen LogP contribution is -2.42. The van der Waals surface area contributed by atoms with E-state index in [1.54, 1.807) is 32.0 Å². The van der Waals surface area contributed by atoms with Crippen molar-refractivity contribution in [2.75, 3.05) is 43.5 Å². The molecule has 3 N–H and O–H groups in total. The van der Waals surface area contributed by atoms with Crippen LogP contribution in [-0.2, 0) is 9.53 Å². The summed E-state index contributed by atoms with van der Waals surface area (Å²) in [6, 6.07) is 7.28. The highest BCUT2D eigenvalue weighted by atomic mass is 35.5. The summed E-state index contributed by atoms with van der Waals surface area (Å²) in [4.78, 5) is 22.3. The molecule has 244 valence electrons. The second-order valence-corrected chi connectivity index (χ2v) is 12.1. The van der Waals surface area contributed by atoms with Crippen LogP contribution in [0.15, 0.2) is 48.1 Å². The molecule has 1 spiro atoms. The fourth-order valence-corrected chi connectivity index (χ4v) is 6.31. The molecule has 45 heavy (non-hydrogen) atoms. The molecule has 0 bridgehead atoms. The first-order valence-electron chi connectivity index (χ1n) is 14.9. The Hall–Kier alpha value is -3.58. The van der Waals surface area contributed by atoms with Gasteiger partial charge in [-0.3, -0.25) is 4.79 Å². The van der Waals surface area contributed by atoms with Crippen molar-refractivity contribution in [3.63, 3.8) is 0 Å². The number of esters is 1. The monoisotopic (exact) mass is 653 g/mol. The summed E-state index contributed by atoms with van der Waals surface area (Å²) in [7, 11) is 0. The van der Waals surface area contributed by atoms with Gasteiger partial charge in [-0.1, -0.05) is 29.8 Å². The molecule has 5 rings (SSSR count). The molecule has 9 nitrogen and oxygen atoms in total. The number of nitrogens with one attached hydrogen (secondary N) is 1. The Balaban J connectivity index is 1.37. The van der Waals surface area contributed by atoms with Gasteiger partial charge in [0.05, 0.1) is 13.2 Å². The van der Waals surface area contributed by atoms with E-state index in [0.717, 1.165) is 25.0 Å². The van der Waals surface area contributed by atoms with Crippen LogP contribution in [0.1, 0.15) is 45.1 Å². The molecule has 0 saturated carbocycles. The van der Waals surface area contributed by atoms with Gasteiger partial charge in [0.1, 0.15) is 17.6 Å². The molecule has 3 atom stereocenters. The van der Waals surface area contributed by atoms with Crippen LogP contribution in [-0.4, -0.2) is 72.2 Å². The lowest BCUT2D eigenvalue weighted by molar-refractivity contribution is -0.182. The summed E-state index contributed by atoms with van der Waals surface area (Å²) in [5.74, 6) is -0.169. The van der Waals surface area contributed by atoms with Crippen molar-refractivity contribution < 1.29 is 36.6 Å². The third-order valence-electron chi connectivity index (χ3n) is 8.32. The number of nitrogen functional groups attached to an aromatic ring is 1. The minimum atomic E-state index is -4.91. The summed E-state index contributed by atoms with van der Waals surface area (Å²) in [5.41, 5.74) is 5.74. The topological polar surface area (TPSA) is 112 Å². The van der Waals surface area contributed by atoms with E-state index in [9.17, 15) is 22.4 Å². The largest absolute Gasteiger partial charge is 0.494 e. The maximum absolute atomic E-state index is 15.0. The lowest BCUT2D eigenvalue weighted by atomic mass is 9.76. The molecule has 3 heterocycles. The van der Waals surface area contributed by atoms with E-state index in [-0.39, 0.29) is 46.0 Å². The van der Waals surface area contributed by atoms with E-state index in [1.165, 1.54) is 12.1 Å². The Kier molecular flexibility index (Phi) is 9.50. The van der Waals surface area contributed by atoms with Crippen molar-refractivity contribution in [1.82, 2.24) is 15.3 Å². The van der Waals surface area contributed by atoms with Gasteiger partial charge in [-0.15, -0.1) is 0 Å². The minimum absolute atomic E-state index is 0.0718. The van der Waals surface area contributed by atoms with Crippen molar-refractivity contribution in [3.05, 3.63) is 53.6 Å². The molecule has 1 unspecified atom stereocenters. The van der Waals surface area contributed by atoms with E-state index >= 15 is 0 Å². The van der Waals surface area contributed by atoms with Gasteiger partial charge in [0.25, 0.3) is 0 Å². The van der Waals surface area contributed by atoms with Crippen molar-refractivity contribution in [2.45, 2.75) is 63.0 Å². The lowest BCUT2D eigenvalue weighted by Gasteiger charge is -2.39. The second kappa shape index (κ2) is 13.0. The van der Waals surface area contributed by atoms with Gasteiger partial charge >= 0.3 is 12.1 Å². The zero-order valence-corrected chi connectivity index (χ0v) is 25.8. The third kappa shape index (κ3) is 7.63. The molecule has 2 aromatic rings. The number of ether oxygens (including phenoxy) is 3. The Morgan fingerprint density at radius 3 is 2.64 bits per heavy atom. The molecule has 14 heteroatoms. The number of hydrogen-bond acceptors (Lipinski definition) is 9. The van der Waals surface area contributed by atoms with Crippen LogP contribution in [0.5, 0.6) is 11.6 Å². The van der Waals surface area contributed by atoms with E-state index in [0.29, 0.717) is 50.8 Å². The van der Waals surface area contributed by atoms with Gasteiger partial charge in [0, 0.05) is 37.7 Å². The van der Waals surface area contributed by atoms with Gasteiger partial charge in [-0.2, -0.15) is 23.1 Å². The number of aromatic nitrogens is 2. The first-order chi connectivity index (χ1) is 21.3. The predicted octanol–water partition coefficient (Wildman–Crippen LogP) is 5.60. The molecule has 1 aromatic heterocycles. The minimum Gasteiger partial charge on any atom is -0.494 e. The first kappa shape index (κ1) is 32.8. The summed E-state index contributed by atoms with van der Waals surface area (Å²) in [5, 5.41) is 0.868. The van der Waals surface area contributed by atoms with E-state index in [1.807, 2.05) is 4.90 Å². The highest BCUT2D eigenvalue weighted by Gasteiger charge is 2.48. The second-order valence-electron chi connectivity index (χ2n) is 11.5. The van der Waals surface area contributed by atoms with Gasteiger partial charge < -0.3 is 30.2 Å². The number of anilines is 2. The average molecular weight is 654 g/mol. The van der Waals surface area contributed by atoms with Gasteiger partial charge in [-0.25, -0.2) is 4.39 Å². The SMILES string of the molecule is CCOC(=O)[C@@H]1CC2(CCN(c3cc(O[C@H](C4=CCC(F)(Cl)C=C4c4cccc(OCC)c4)C(F)(F)F)nc(N)n3)CC2)CN1. The normalized spacial score (nSPS) is 23.7. The number of allylic oxidation sites excluding steroid dienone is 2.